The predicted molar refractivity (Wildman–Crippen MR) is 63.0 cm³/mol. The van der Waals surface area contributed by atoms with Crippen LogP contribution in [-0.4, -0.2) is 25.8 Å². The van der Waals surface area contributed by atoms with E-state index >= 15 is 0 Å². The summed E-state index contributed by atoms with van der Waals surface area (Å²) >= 11 is 0. The second kappa shape index (κ2) is 6.49. The van der Waals surface area contributed by atoms with Gasteiger partial charge in [-0.2, -0.15) is 0 Å². The average Bonchev–Trinajstić information content (AvgIpc) is 2.32. The van der Waals surface area contributed by atoms with Crippen molar-refractivity contribution in [3.8, 4) is 0 Å². The molecule has 0 aromatic heterocycles. The van der Waals surface area contributed by atoms with Crippen molar-refractivity contribution in [2.45, 2.75) is 57.5 Å². The van der Waals surface area contributed by atoms with Crippen molar-refractivity contribution in [2.75, 3.05) is 19.7 Å². The smallest absolute Gasteiger partial charge is 0.0699 e. The van der Waals surface area contributed by atoms with E-state index in [1.54, 1.807) is 0 Å². The first kappa shape index (κ1) is 11.4. The number of nitrogens with one attached hydrogen (secondary N) is 1. The normalized spacial score (nSPS) is 29.2. The maximum atomic E-state index is 5.92. The first-order chi connectivity index (χ1) is 7.45. The fourth-order valence-corrected chi connectivity index (χ4v) is 2.84. The zero-order valence-electron chi connectivity index (χ0n) is 9.84. The summed E-state index contributed by atoms with van der Waals surface area (Å²) in [7, 11) is 0. The molecule has 0 amide bonds. The van der Waals surface area contributed by atoms with Crippen molar-refractivity contribution in [2.24, 2.45) is 5.92 Å². The highest BCUT2D eigenvalue weighted by Gasteiger charge is 2.16. The Bertz CT molecular complexity index is 142. The highest BCUT2D eigenvalue weighted by Crippen LogP contribution is 2.26. The summed E-state index contributed by atoms with van der Waals surface area (Å²) in [5.74, 6) is 0.968. The molecule has 2 heteroatoms. The summed E-state index contributed by atoms with van der Waals surface area (Å²) in [6.07, 6.45) is 11.6. The number of hydrogen-bond donors (Lipinski definition) is 1. The molecule has 15 heavy (non-hydrogen) atoms. The molecule has 0 aromatic carbocycles. The number of piperidine rings is 1. The Labute approximate surface area is 93.8 Å². The van der Waals surface area contributed by atoms with E-state index in [2.05, 4.69) is 5.32 Å². The minimum atomic E-state index is 0.502. The van der Waals surface area contributed by atoms with Gasteiger partial charge in [0.25, 0.3) is 0 Å². The molecule has 0 spiro atoms. The van der Waals surface area contributed by atoms with Crippen LogP contribution in [0, 0.1) is 5.92 Å². The second-order valence-electron chi connectivity index (χ2n) is 5.13. The van der Waals surface area contributed by atoms with Gasteiger partial charge in [-0.1, -0.05) is 32.1 Å². The lowest BCUT2D eigenvalue weighted by atomic mass is 9.87. The maximum absolute atomic E-state index is 5.92. The molecule has 1 atom stereocenters. The molecule has 0 aromatic rings. The summed E-state index contributed by atoms with van der Waals surface area (Å²) in [4.78, 5) is 0. The monoisotopic (exact) mass is 211 g/mol. The Morgan fingerprint density at radius 2 is 1.87 bits per heavy atom. The Morgan fingerprint density at radius 1 is 1.00 bits per heavy atom. The molecule has 2 rings (SSSR count). The molecule has 88 valence electrons. The van der Waals surface area contributed by atoms with Gasteiger partial charge in [0.05, 0.1) is 6.10 Å². The SMILES string of the molecule is C1CCC(CCO[C@H]2CCCNC2)CC1. The first-order valence-corrected chi connectivity index (χ1v) is 6.77. The summed E-state index contributed by atoms with van der Waals surface area (Å²) in [5.41, 5.74) is 0. The van der Waals surface area contributed by atoms with Crippen molar-refractivity contribution in [3.05, 3.63) is 0 Å². The molecular formula is C13H25NO. The van der Waals surface area contributed by atoms with Crippen LogP contribution in [0.2, 0.25) is 0 Å². The first-order valence-electron chi connectivity index (χ1n) is 6.77. The second-order valence-corrected chi connectivity index (χ2v) is 5.13. The Morgan fingerprint density at radius 3 is 2.60 bits per heavy atom. The average molecular weight is 211 g/mol. The molecule has 2 nitrogen and oxygen atoms in total. The summed E-state index contributed by atoms with van der Waals surface area (Å²) < 4.78 is 5.92. The molecule has 1 heterocycles. The van der Waals surface area contributed by atoms with Crippen molar-refractivity contribution in [1.29, 1.82) is 0 Å². The summed E-state index contributed by atoms with van der Waals surface area (Å²) in [6.45, 7) is 3.25. The highest BCUT2D eigenvalue weighted by molar-refractivity contribution is 4.70. The van der Waals surface area contributed by atoms with Crippen LogP contribution in [0.3, 0.4) is 0 Å². The zero-order chi connectivity index (χ0) is 10.3. The van der Waals surface area contributed by atoms with E-state index in [1.165, 1.54) is 57.9 Å². The standard InChI is InChI=1S/C13H25NO/c1-2-5-12(6-3-1)8-10-15-13-7-4-9-14-11-13/h12-14H,1-11H2/t13-/m0/s1. The largest absolute Gasteiger partial charge is 0.377 e. The van der Waals surface area contributed by atoms with Crippen LogP contribution in [0.4, 0.5) is 0 Å². The Balaban J connectivity index is 1.53. The quantitative estimate of drug-likeness (QED) is 0.772. The predicted octanol–water partition coefficient (Wildman–Crippen LogP) is 2.73. The van der Waals surface area contributed by atoms with Crippen molar-refractivity contribution in [3.63, 3.8) is 0 Å². The van der Waals surface area contributed by atoms with Gasteiger partial charge in [-0.3, -0.25) is 0 Å². The number of ether oxygens (including phenoxy) is 1. The number of hydrogen-bond acceptors (Lipinski definition) is 2. The van der Waals surface area contributed by atoms with Gasteiger partial charge < -0.3 is 10.1 Å². The highest BCUT2D eigenvalue weighted by atomic mass is 16.5. The van der Waals surface area contributed by atoms with E-state index in [0.717, 1.165) is 19.1 Å². The fraction of sp³-hybridized carbons (Fsp3) is 1.00. The molecule has 2 fully saturated rings. The topological polar surface area (TPSA) is 21.3 Å². The molecule has 1 aliphatic heterocycles. The molecule has 2 aliphatic rings. The van der Waals surface area contributed by atoms with E-state index in [1.807, 2.05) is 0 Å². The fourth-order valence-electron chi connectivity index (χ4n) is 2.84. The zero-order valence-corrected chi connectivity index (χ0v) is 9.84. The van der Waals surface area contributed by atoms with Gasteiger partial charge in [0.1, 0.15) is 0 Å². The minimum absolute atomic E-state index is 0.502. The lowest BCUT2D eigenvalue weighted by molar-refractivity contribution is 0.0271. The van der Waals surface area contributed by atoms with Crippen LogP contribution in [0.1, 0.15) is 51.4 Å². The van der Waals surface area contributed by atoms with Crippen LogP contribution in [0.15, 0.2) is 0 Å². The summed E-state index contributed by atoms with van der Waals surface area (Å²) in [6, 6.07) is 0. The molecule has 1 N–H and O–H groups in total. The molecule has 0 bridgehead atoms. The third kappa shape index (κ3) is 4.12. The van der Waals surface area contributed by atoms with E-state index in [-0.39, 0.29) is 0 Å². The summed E-state index contributed by atoms with van der Waals surface area (Å²) in [5, 5.41) is 3.40. The van der Waals surface area contributed by atoms with Crippen LogP contribution in [0.5, 0.6) is 0 Å². The molecule has 0 unspecified atom stereocenters. The van der Waals surface area contributed by atoms with Crippen LogP contribution in [0.25, 0.3) is 0 Å². The van der Waals surface area contributed by atoms with Crippen LogP contribution >= 0.6 is 0 Å². The van der Waals surface area contributed by atoms with Gasteiger partial charge in [-0.15, -0.1) is 0 Å². The lowest BCUT2D eigenvalue weighted by Crippen LogP contribution is -2.35. The van der Waals surface area contributed by atoms with Gasteiger partial charge in [0.15, 0.2) is 0 Å². The lowest BCUT2D eigenvalue weighted by Gasteiger charge is -2.25. The van der Waals surface area contributed by atoms with Gasteiger partial charge in [0.2, 0.25) is 0 Å². The Kier molecular flexibility index (Phi) is 4.94. The van der Waals surface area contributed by atoms with E-state index in [4.69, 9.17) is 4.74 Å². The van der Waals surface area contributed by atoms with Crippen molar-refractivity contribution >= 4 is 0 Å². The third-order valence-electron chi connectivity index (χ3n) is 3.86. The van der Waals surface area contributed by atoms with E-state index in [0.29, 0.717) is 6.10 Å². The van der Waals surface area contributed by atoms with Crippen LogP contribution in [-0.2, 0) is 4.74 Å². The molecular weight excluding hydrogens is 186 g/mol. The van der Waals surface area contributed by atoms with Crippen LogP contribution < -0.4 is 5.32 Å². The maximum Gasteiger partial charge on any atom is 0.0699 e. The van der Waals surface area contributed by atoms with Gasteiger partial charge in [-0.25, -0.2) is 0 Å². The Hall–Kier alpha value is -0.0800. The molecule has 1 aliphatic carbocycles. The van der Waals surface area contributed by atoms with E-state index in [9.17, 15) is 0 Å². The molecule has 1 saturated carbocycles. The minimum Gasteiger partial charge on any atom is -0.377 e. The molecule has 0 radical (unpaired) electrons. The van der Waals surface area contributed by atoms with Gasteiger partial charge in [0, 0.05) is 13.2 Å². The third-order valence-corrected chi connectivity index (χ3v) is 3.86. The number of rotatable bonds is 4. The van der Waals surface area contributed by atoms with E-state index < -0.39 is 0 Å². The molecule has 1 saturated heterocycles. The van der Waals surface area contributed by atoms with Gasteiger partial charge >= 0.3 is 0 Å². The van der Waals surface area contributed by atoms with Gasteiger partial charge in [-0.05, 0) is 31.7 Å². The van der Waals surface area contributed by atoms with Crippen molar-refractivity contribution in [1.82, 2.24) is 5.32 Å². The van der Waals surface area contributed by atoms with Crippen molar-refractivity contribution < 1.29 is 4.74 Å².